The van der Waals surface area contributed by atoms with Gasteiger partial charge in [0.15, 0.2) is 0 Å². The number of benzene rings is 2. The smallest absolute Gasteiger partial charge is 0.125 e. The number of rotatable bonds is 3. The van der Waals surface area contributed by atoms with Crippen LogP contribution in [0.15, 0.2) is 45.3 Å². The molecule has 0 aliphatic rings. The highest BCUT2D eigenvalue weighted by molar-refractivity contribution is 9.11. The molecule has 0 saturated heterocycles. The molecule has 2 aromatic carbocycles. The molecular formula is C14H12Br2ClNO. The lowest BCUT2D eigenvalue weighted by Crippen LogP contribution is -2.13. The number of ether oxygens (including phenoxy) is 1. The first-order valence-corrected chi connectivity index (χ1v) is 7.53. The lowest BCUT2D eigenvalue weighted by Gasteiger charge is -2.18. The van der Waals surface area contributed by atoms with E-state index >= 15 is 0 Å². The third-order valence-electron chi connectivity index (χ3n) is 2.82. The van der Waals surface area contributed by atoms with Crippen LogP contribution in [0.3, 0.4) is 0 Å². The fraction of sp³-hybridized carbons (Fsp3) is 0.143. The molecule has 19 heavy (non-hydrogen) atoms. The summed E-state index contributed by atoms with van der Waals surface area (Å²) in [6, 6.07) is 11.1. The van der Waals surface area contributed by atoms with Crippen LogP contribution < -0.4 is 10.5 Å². The van der Waals surface area contributed by atoms with Gasteiger partial charge in [0, 0.05) is 19.5 Å². The van der Waals surface area contributed by atoms with Crippen molar-refractivity contribution in [2.75, 3.05) is 7.11 Å². The summed E-state index contributed by atoms with van der Waals surface area (Å²) in [5.41, 5.74) is 8.21. The Morgan fingerprint density at radius 1 is 1.11 bits per heavy atom. The Labute approximate surface area is 134 Å². The third kappa shape index (κ3) is 3.31. The predicted octanol–water partition coefficient (Wildman–Crippen LogP) is 4.92. The molecule has 0 fully saturated rings. The third-order valence-corrected chi connectivity index (χ3v) is 4.27. The second kappa shape index (κ2) is 6.27. The zero-order valence-corrected chi connectivity index (χ0v) is 14.1. The quantitative estimate of drug-likeness (QED) is 0.787. The van der Waals surface area contributed by atoms with Crippen molar-refractivity contribution in [3.63, 3.8) is 0 Å². The molecule has 0 saturated carbocycles. The first-order chi connectivity index (χ1) is 9.02. The van der Waals surface area contributed by atoms with Crippen molar-refractivity contribution < 1.29 is 4.74 Å². The summed E-state index contributed by atoms with van der Waals surface area (Å²) in [5.74, 6) is 0.687. The molecule has 2 nitrogen and oxygen atoms in total. The molecule has 5 heteroatoms. The lowest BCUT2D eigenvalue weighted by atomic mass is 9.99. The zero-order valence-electron chi connectivity index (χ0n) is 10.2. The largest absolute Gasteiger partial charge is 0.496 e. The van der Waals surface area contributed by atoms with Gasteiger partial charge in [-0.25, -0.2) is 0 Å². The van der Waals surface area contributed by atoms with E-state index in [2.05, 4.69) is 31.9 Å². The van der Waals surface area contributed by atoms with Crippen molar-refractivity contribution in [2.24, 2.45) is 5.73 Å². The van der Waals surface area contributed by atoms with Gasteiger partial charge >= 0.3 is 0 Å². The average Bonchev–Trinajstić information content (AvgIpc) is 2.40. The molecule has 0 heterocycles. The van der Waals surface area contributed by atoms with E-state index in [1.807, 2.05) is 30.3 Å². The first-order valence-electron chi connectivity index (χ1n) is 5.57. The Morgan fingerprint density at radius 3 is 2.53 bits per heavy atom. The van der Waals surface area contributed by atoms with Crippen molar-refractivity contribution in [1.82, 2.24) is 0 Å². The minimum absolute atomic E-state index is 0.293. The number of hydrogen-bond acceptors (Lipinski definition) is 2. The van der Waals surface area contributed by atoms with Crippen LogP contribution in [0.1, 0.15) is 17.2 Å². The fourth-order valence-electron chi connectivity index (χ4n) is 1.86. The van der Waals surface area contributed by atoms with E-state index in [1.54, 1.807) is 13.2 Å². The van der Waals surface area contributed by atoms with E-state index in [0.717, 1.165) is 20.1 Å². The molecule has 0 bridgehead atoms. The summed E-state index contributed by atoms with van der Waals surface area (Å²) < 4.78 is 7.29. The van der Waals surface area contributed by atoms with Gasteiger partial charge in [-0.15, -0.1) is 0 Å². The van der Waals surface area contributed by atoms with E-state index < -0.39 is 0 Å². The van der Waals surface area contributed by atoms with Crippen molar-refractivity contribution in [3.8, 4) is 5.75 Å². The Bertz CT molecular complexity index is 604. The number of methoxy groups -OCH3 is 1. The number of nitrogens with two attached hydrogens (primary N) is 1. The van der Waals surface area contributed by atoms with Gasteiger partial charge in [0.25, 0.3) is 0 Å². The maximum absolute atomic E-state index is 6.34. The Morgan fingerprint density at radius 2 is 1.84 bits per heavy atom. The van der Waals surface area contributed by atoms with Crippen LogP contribution in [0.5, 0.6) is 5.75 Å². The van der Waals surface area contributed by atoms with Crippen molar-refractivity contribution in [1.29, 1.82) is 0 Å². The van der Waals surface area contributed by atoms with Gasteiger partial charge < -0.3 is 10.5 Å². The molecule has 0 radical (unpaired) electrons. The van der Waals surface area contributed by atoms with Crippen molar-refractivity contribution in [3.05, 3.63) is 61.5 Å². The summed E-state index contributed by atoms with van der Waals surface area (Å²) in [5, 5.41) is 0.626. The van der Waals surface area contributed by atoms with Gasteiger partial charge in [0.2, 0.25) is 0 Å². The Balaban J connectivity index is 2.49. The van der Waals surface area contributed by atoms with Crippen LogP contribution in [-0.4, -0.2) is 7.11 Å². The predicted molar refractivity (Wildman–Crippen MR) is 85.9 cm³/mol. The highest BCUT2D eigenvalue weighted by Crippen LogP contribution is 2.34. The van der Waals surface area contributed by atoms with E-state index in [-0.39, 0.29) is 6.04 Å². The molecule has 1 atom stereocenters. The van der Waals surface area contributed by atoms with Crippen LogP contribution in [-0.2, 0) is 0 Å². The Hall–Kier alpha value is -0.550. The van der Waals surface area contributed by atoms with Gasteiger partial charge in [0.1, 0.15) is 5.75 Å². The molecule has 2 aromatic rings. The van der Waals surface area contributed by atoms with Crippen LogP contribution in [0.4, 0.5) is 0 Å². The molecule has 100 valence electrons. The summed E-state index contributed by atoms with van der Waals surface area (Å²) >= 11 is 12.9. The van der Waals surface area contributed by atoms with Gasteiger partial charge in [-0.1, -0.05) is 49.5 Å². The standard InChI is InChI=1S/C14H12Br2ClNO/c1-19-13-7-9(17)3-4-10(13)14(18)11-6-8(15)2-5-12(11)16/h2-7,14H,18H2,1H3. The second-order valence-electron chi connectivity index (χ2n) is 4.03. The molecule has 2 rings (SSSR count). The zero-order chi connectivity index (χ0) is 14.0. The van der Waals surface area contributed by atoms with E-state index in [0.29, 0.717) is 10.8 Å². The van der Waals surface area contributed by atoms with Crippen molar-refractivity contribution >= 4 is 43.5 Å². The van der Waals surface area contributed by atoms with Crippen LogP contribution in [0, 0.1) is 0 Å². The van der Waals surface area contributed by atoms with Crippen LogP contribution >= 0.6 is 43.5 Å². The SMILES string of the molecule is COc1cc(Cl)ccc1C(N)c1cc(Br)ccc1Br. The minimum atomic E-state index is -0.293. The molecule has 0 aliphatic heterocycles. The fourth-order valence-corrected chi connectivity index (χ4v) is 2.90. The lowest BCUT2D eigenvalue weighted by molar-refractivity contribution is 0.408. The molecular weight excluding hydrogens is 393 g/mol. The summed E-state index contributed by atoms with van der Waals surface area (Å²) in [4.78, 5) is 0. The highest BCUT2D eigenvalue weighted by atomic mass is 79.9. The molecule has 0 aliphatic carbocycles. The molecule has 0 aromatic heterocycles. The maximum atomic E-state index is 6.34. The number of halogens is 3. The van der Waals surface area contributed by atoms with E-state index in [9.17, 15) is 0 Å². The van der Waals surface area contributed by atoms with Gasteiger partial charge in [0.05, 0.1) is 13.2 Å². The summed E-state index contributed by atoms with van der Waals surface area (Å²) in [6.45, 7) is 0. The summed E-state index contributed by atoms with van der Waals surface area (Å²) in [7, 11) is 1.61. The molecule has 2 N–H and O–H groups in total. The topological polar surface area (TPSA) is 35.2 Å². The van der Waals surface area contributed by atoms with E-state index in [1.165, 1.54) is 0 Å². The van der Waals surface area contributed by atoms with Crippen LogP contribution in [0.25, 0.3) is 0 Å². The molecule has 1 unspecified atom stereocenters. The first kappa shape index (κ1) is 14.9. The summed E-state index contributed by atoms with van der Waals surface area (Å²) in [6.07, 6.45) is 0. The monoisotopic (exact) mass is 403 g/mol. The van der Waals surface area contributed by atoms with Gasteiger partial charge in [-0.05, 0) is 35.9 Å². The number of hydrogen-bond donors (Lipinski definition) is 1. The second-order valence-corrected chi connectivity index (χ2v) is 6.24. The Kier molecular flexibility index (Phi) is 4.90. The maximum Gasteiger partial charge on any atom is 0.125 e. The van der Waals surface area contributed by atoms with E-state index in [4.69, 9.17) is 22.1 Å². The normalized spacial score (nSPS) is 12.3. The molecule has 0 amide bonds. The molecule has 0 spiro atoms. The van der Waals surface area contributed by atoms with Gasteiger partial charge in [-0.3, -0.25) is 0 Å². The van der Waals surface area contributed by atoms with Gasteiger partial charge in [-0.2, -0.15) is 0 Å². The van der Waals surface area contributed by atoms with Crippen molar-refractivity contribution in [2.45, 2.75) is 6.04 Å². The average molecular weight is 406 g/mol. The van der Waals surface area contributed by atoms with Crippen LogP contribution in [0.2, 0.25) is 5.02 Å². The minimum Gasteiger partial charge on any atom is -0.496 e. The highest BCUT2D eigenvalue weighted by Gasteiger charge is 2.17.